The smallest absolute Gasteiger partial charge is 0.338 e. The second kappa shape index (κ2) is 8.38. The summed E-state index contributed by atoms with van der Waals surface area (Å²) < 4.78 is 7.24. The molecule has 3 aromatic rings. The van der Waals surface area contributed by atoms with Crippen LogP contribution in [0.5, 0.6) is 0 Å². The lowest BCUT2D eigenvalue weighted by Gasteiger charge is -2.24. The second-order valence-electron chi connectivity index (χ2n) is 6.60. The number of allylic oxidation sites excluding steroid dienone is 1. The Morgan fingerprint density at radius 2 is 1.90 bits per heavy atom. The minimum atomic E-state index is -0.765. The lowest BCUT2D eigenvalue weighted by atomic mass is 9.84. The number of carbonyl (C=O) groups excluding carboxylic acids is 1. The van der Waals surface area contributed by atoms with Crippen LogP contribution in [0, 0.1) is 11.3 Å². The van der Waals surface area contributed by atoms with E-state index in [9.17, 15) is 14.9 Å². The molecule has 4 heterocycles. The van der Waals surface area contributed by atoms with Crippen LogP contribution in [0.1, 0.15) is 24.0 Å². The maximum Gasteiger partial charge on any atom is 0.338 e. The van der Waals surface area contributed by atoms with Crippen molar-refractivity contribution in [2.45, 2.75) is 12.8 Å². The van der Waals surface area contributed by atoms with Gasteiger partial charge in [0.15, 0.2) is 0 Å². The third-order valence-electron chi connectivity index (χ3n) is 4.81. The fraction of sp³-hybridized carbons (Fsp3) is 0.136. The molecule has 1 aliphatic heterocycles. The Hall–Kier alpha value is -4.03. The molecule has 0 aromatic carbocycles. The third kappa shape index (κ3) is 3.53. The van der Waals surface area contributed by atoms with E-state index in [1.807, 2.05) is 0 Å². The van der Waals surface area contributed by atoms with Crippen molar-refractivity contribution in [3.63, 3.8) is 0 Å². The van der Waals surface area contributed by atoms with Crippen molar-refractivity contribution in [2.75, 3.05) is 6.61 Å². The Kier molecular flexibility index (Phi) is 5.47. The van der Waals surface area contributed by atoms with Gasteiger partial charge in [-0.25, -0.2) is 4.79 Å². The van der Waals surface area contributed by atoms with E-state index in [0.29, 0.717) is 14.8 Å². The summed E-state index contributed by atoms with van der Waals surface area (Å²) in [4.78, 5) is 34.2. The Balaban J connectivity index is 2.10. The molecule has 3 aromatic heterocycles. The largest absolute Gasteiger partial charge is 0.463 e. The minimum absolute atomic E-state index is 0.00277. The van der Waals surface area contributed by atoms with Crippen LogP contribution in [0.15, 0.2) is 59.4 Å². The van der Waals surface area contributed by atoms with Gasteiger partial charge in [-0.2, -0.15) is 5.26 Å². The molecule has 0 unspecified atom stereocenters. The van der Waals surface area contributed by atoms with Gasteiger partial charge < -0.3 is 10.5 Å². The number of rotatable bonds is 4. The molecule has 0 saturated heterocycles. The van der Waals surface area contributed by atoms with Crippen LogP contribution in [0.3, 0.4) is 0 Å². The second-order valence-corrected chi connectivity index (χ2v) is 7.63. The summed E-state index contributed by atoms with van der Waals surface area (Å²) in [5, 5.41) is 9.89. The molecule has 31 heavy (non-hydrogen) atoms. The number of nitrogens with two attached hydrogens (primary N) is 1. The number of aromatic nitrogens is 3. The highest BCUT2D eigenvalue weighted by Gasteiger charge is 2.36. The van der Waals surface area contributed by atoms with Crippen molar-refractivity contribution >= 4 is 34.8 Å². The van der Waals surface area contributed by atoms with E-state index >= 15 is 0 Å². The van der Waals surface area contributed by atoms with E-state index in [4.69, 9.17) is 10.5 Å². The zero-order valence-corrected chi connectivity index (χ0v) is 17.3. The van der Waals surface area contributed by atoms with Crippen molar-refractivity contribution in [3.05, 3.63) is 85.3 Å². The van der Waals surface area contributed by atoms with E-state index < -0.39 is 17.4 Å². The number of carbonyl (C=O) groups is 1. The first-order chi connectivity index (χ1) is 15.1. The van der Waals surface area contributed by atoms with Gasteiger partial charge >= 0.3 is 5.97 Å². The van der Waals surface area contributed by atoms with Crippen LogP contribution in [-0.2, 0) is 9.53 Å². The molecule has 154 valence electrons. The summed E-state index contributed by atoms with van der Waals surface area (Å²) in [6.45, 7) is 1.85. The Bertz CT molecular complexity index is 1400. The Labute approximate surface area is 180 Å². The van der Waals surface area contributed by atoms with Crippen LogP contribution in [0.25, 0.3) is 17.5 Å². The summed E-state index contributed by atoms with van der Waals surface area (Å²) in [5.74, 6) is -1.36. The Morgan fingerprint density at radius 1 is 1.26 bits per heavy atom. The van der Waals surface area contributed by atoms with Gasteiger partial charge in [-0.1, -0.05) is 0 Å². The highest BCUT2D eigenvalue weighted by atomic mass is 32.1. The number of esters is 1. The molecule has 0 bridgehead atoms. The number of nitriles is 1. The van der Waals surface area contributed by atoms with Crippen molar-refractivity contribution in [1.29, 1.82) is 5.26 Å². The molecular formula is C22H17N5O3S. The maximum absolute atomic E-state index is 13.2. The first-order valence-electron chi connectivity index (χ1n) is 9.41. The summed E-state index contributed by atoms with van der Waals surface area (Å²) in [6.07, 6.45) is 8.08. The molecule has 1 aliphatic rings. The van der Waals surface area contributed by atoms with Crippen LogP contribution in [0.4, 0.5) is 0 Å². The highest BCUT2D eigenvalue weighted by molar-refractivity contribution is 7.07. The number of fused-ring (bicyclic) bond motifs is 1. The molecule has 1 atom stereocenters. The lowest BCUT2D eigenvalue weighted by molar-refractivity contribution is -0.136. The van der Waals surface area contributed by atoms with Crippen molar-refractivity contribution in [1.82, 2.24) is 14.5 Å². The zero-order valence-electron chi connectivity index (χ0n) is 16.5. The van der Waals surface area contributed by atoms with Crippen molar-refractivity contribution < 1.29 is 9.53 Å². The van der Waals surface area contributed by atoms with Gasteiger partial charge in [-0.15, -0.1) is 11.3 Å². The Morgan fingerprint density at radius 3 is 2.52 bits per heavy atom. The molecule has 2 N–H and O–H groups in total. The molecule has 0 radical (unpaired) electrons. The van der Waals surface area contributed by atoms with Gasteiger partial charge in [0.05, 0.1) is 34.3 Å². The standard InChI is InChI=1S/C22H17N5O3S/c1-2-30-22(29)18-17(14-5-9-26-10-6-14)15(12-23)19(24)27-20(28)16(31-21(18)27)11-13-3-7-25-8-4-13/h3-11,17H,2,24H2,1H3/b16-11-/t17-/m0/s1. The molecule has 9 heteroatoms. The van der Waals surface area contributed by atoms with Gasteiger partial charge in [-0.05, 0) is 48.4 Å². The number of ether oxygens (including phenoxy) is 1. The van der Waals surface area contributed by atoms with E-state index in [1.165, 1.54) is 4.57 Å². The number of pyridine rings is 2. The van der Waals surface area contributed by atoms with Crippen molar-refractivity contribution in [3.8, 4) is 6.07 Å². The fourth-order valence-corrected chi connectivity index (χ4v) is 4.62. The molecule has 0 fully saturated rings. The fourth-order valence-electron chi connectivity index (χ4n) is 3.45. The SMILES string of the molecule is CCOC(=O)C1=c2s/c(=C\c3ccncc3)c(=O)n2C(N)=C(C#N)[C@@H]1c1ccncc1. The molecular weight excluding hydrogens is 414 g/mol. The van der Waals surface area contributed by atoms with E-state index in [2.05, 4.69) is 16.0 Å². The topological polar surface area (TPSA) is 124 Å². The van der Waals surface area contributed by atoms with E-state index in [1.54, 1.807) is 62.1 Å². The predicted molar refractivity (Wildman–Crippen MR) is 116 cm³/mol. The average molecular weight is 431 g/mol. The van der Waals surface area contributed by atoms with Crippen molar-refractivity contribution in [2.24, 2.45) is 5.73 Å². The molecule has 0 spiro atoms. The molecule has 4 rings (SSSR count). The average Bonchev–Trinajstić information content (AvgIpc) is 3.11. The van der Waals surface area contributed by atoms with Gasteiger partial charge in [0.25, 0.3) is 5.56 Å². The quantitative estimate of drug-likeness (QED) is 0.603. The first-order valence-corrected chi connectivity index (χ1v) is 10.2. The monoisotopic (exact) mass is 431 g/mol. The van der Waals surface area contributed by atoms with Gasteiger partial charge in [0.1, 0.15) is 10.5 Å². The number of nitrogens with zero attached hydrogens (tertiary/aromatic N) is 4. The predicted octanol–water partition coefficient (Wildman–Crippen LogP) is 0.691. The van der Waals surface area contributed by atoms with Crippen LogP contribution in [-0.4, -0.2) is 27.1 Å². The zero-order chi connectivity index (χ0) is 22.0. The number of hydrogen-bond acceptors (Lipinski definition) is 8. The lowest BCUT2D eigenvalue weighted by Crippen LogP contribution is -2.40. The van der Waals surface area contributed by atoms with Gasteiger partial charge in [0, 0.05) is 24.8 Å². The molecule has 0 saturated carbocycles. The molecule has 8 nitrogen and oxygen atoms in total. The third-order valence-corrected chi connectivity index (χ3v) is 5.92. The van der Waals surface area contributed by atoms with Crippen LogP contribution >= 0.6 is 11.3 Å². The van der Waals surface area contributed by atoms with Gasteiger partial charge in [0.2, 0.25) is 0 Å². The summed E-state index contributed by atoms with van der Waals surface area (Å²) in [5.41, 5.74) is 7.63. The highest BCUT2D eigenvalue weighted by Crippen LogP contribution is 2.36. The van der Waals surface area contributed by atoms with Crippen LogP contribution < -0.4 is 20.5 Å². The van der Waals surface area contributed by atoms with Gasteiger partial charge in [-0.3, -0.25) is 19.3 Å². The number of thiazole rings is 1. The maximum atomic E-state index is 13.2. The molecule has 0 amide bonds. The van der Waals surface area contributed by atoms with Crippen LogP contribution in [0.2, 0.25) is 0 Å². The minimum Gasteiger partial charge on any atom is -0.463 e. The summed E-state index contributed by atoms with van der Waals surface area (Å²) in [6, 6.07) is 9.03. The summed E-state index contributed by atoms with van der Waals surface area (Å²) >= 11 is 1.13. The normalized spacial score (nSPS) is 16.1. The van der Waals surface area contributed by atoms with E-state index in [0.717, 1.165) is 16.9 Å². The van der Waals surface area contributed by atoms with E-state index in [-0.39, 0.29) is 23.6 Å². The summed E-state index contributed by atoms with van der Waals surface area (Å²) in [7, 11) is 0. The molecule has 0 aliphatic carbocycles. The number of hydrogen-bond donors (Lipinski definition) is 1. The first kappa shape index (κ1) is 20.3.